The summed E-state index contributed by atoms with van der Waals surface area (Å²) in [6.07, 6.45) is 0.861. The van der Waals surface area contributed by atoms with Crippen molar-refractivity contribution >= 4 is 0 Å². The number of alkyl halides is 3. The average Bonchev–Trinajstić information content (AvgIpc) is 2.93. The van der Waals surface area contributed by atoms with Gasteiger partial charge in [-0.15, -0.1) is 0 Å². The second kappa shape index (κ2) is 7.01. The highest BCUT2D eigenvalue weighted by Crippen LogP contribution is 2.36. The lowest BCUT2D eigenvalue weighted by molar-refractivity contribution is -0.137. The van der Waals surface area contributed by atoms with Crippen LogP contribution in [0.2, 0.25) is 0 Å². The maximum absolute atomic E-state index is 13.1. The van der Waals surface area contributed by atoms with E-state index in [1.165, 1.54) is 12.1 Å². The van der Waals surface area contributed by atoms with Crippen molar-refractivity contribution in [2.45, 2.75) is 44.9 Å². The van der Waals surface area contributed by atoms with Crippen LogP contribution in [-0.4, -0.2) is 22.6 Å². The smallest absolute Gasteiger partial charge is 0.350 e. The first-order valence-electron chi connectivity index (χ1n) is 8.57. The van der Waals surface area contributed by atoms with E-state index in [4.69, 9.17) is 0 Å². The monoisotopic (exact) mass is 336 g/mol. The summed E-state index contributed by atoms with van der Waals surface area (Å²) in [5.41, 5.74) is 1.24. The number of fused-ring (bicyclic) bond motifs is 1. The fourth-order valence-corrected chi connectivity index (χ4v) is 3.51. The van der Waals surface area contributed by atoms with Crippen molar-refractivity contribution in [3.8, 4) is 0 Å². The van der Waals surface area contributed by atoms with Gasteiger partial charge in [0.25, 0.3) is 0 Å². The van der Waals surface area contributed by atoms with Gasteiger partial charge >= 0.3 is 6.18 Å². The Morgan fingerprint density at radius 3 is 2.71 bits per heavy atom. The van der Waals surface area contributed by atoms with Crippen LogP contribution < -0.4 is 0 Å². The van der Waals surface area contributed by atoms with Gasteiger partial charge in [-0.3, -0.25) is 4.90 Å². The van der Waals surface area contributed by atoms with Crippen molar-refractivity contribution < 1.29 is 13.2 Å². The minimum absolute atomic E-state index is 0.114. The summed E-state index contributed by atoms with van der Waals surface area (Å²) in [5.74, 6) is 0. The maximum atomic E-state index is 13.1. The third-order valence-electron chi connectivity index (χ3n) is 4.68. The quantitative estimate of drug-likeness (QED) is 0.754. The molecule has 0 saturated carbocycles. The Bertz CT molecular complexity index is 675. The number of aryl methyl sites for hydroxylation is 1. The Kier molecular flexibility index (Phi) is 4.99. The highest BCUT2D eigenvalue weighted by Gasteiger charge is 2.33. The normalized spacial score (nSPS) is 19.1. The maximum Gasteiger partial charge on any atom is 0.416 e. The summed E-state index contributed by atoms with van der Waals surface area (Å²) in [7, 11) is 0. The van der Waals surface area contributed by atoms with Crippen LogP contribution in [0.1, 0.15) is 49.0 Å². The van der Waals surface area contributed by atoms with Gasteiger partial charge in [-0.2, -0.15) is 13.2 Å². The molecule has 5 heteroatoms. The molecule has 1 aromatic carbocycles. The number of hydrogen-bond donors (Lipinski definition) is 0. The van der Waals surface area contributed by atoms with Gasteiger partial charge in [-0.05, 0) is 49.2 Å². The molecule has 1 aromatic heterocycles. The molecule has 2 aromatic rings. The predicted octanol–water partition coefficient (Wildman–Crippen LogP) is 5.10. The van der Waals surface area contributed by atoms with Crippen LogP contribution in [0.4, 0.5) is 13.2 Å². The number of rotatable bonds is 4. The van der Waals surface area contributed by atoms with E-state index in [2.05, 4.69) is 16.4 Å². The van der Waals surface area contributed by atoms with Gasteiger partial charge in [0.1, 0.15) is 0 Å². The van der Waals surface area contributed by atoms with Crippen LogP contribution in [0.5, 0.6) is 0 Å². The molecule has 2 heterocycles. The molecular weight excluding hydrogens is 313 g/mol. The highest BCUT2D eigenvalue weighted by atomic mass is 19.4. The summed E-state index contributed by atoms with van der Waals surface area (Å²) in [4.78, 5) is 2.33. The molecule has 2 nitrogen and oxygen atoms in total. The molecule has 1 aliphatic heterocycles. The van der Waals surface area contributed by atoms with E-state index in [1.54, 1.807) is 0 Å². The van der Waals surface area contributed by atoms with Crippen LogP contribution in [0.15, 0.2) is 42.6 Å². The van der Waals surface area contributed by atoms with Crippen molar-refractivity contribution in [1.29, 1.82) is 0 Å². The Morgan fingerprint density at radius 1 is 1.12 bits per heavy atom. The second-order valence-electron chi connectivity index (χ2n) is 6.40. The minimum atomic E-state index is -4.31. The average molecular weight is 336 g/mol. The Balaban J connectivity index is 2.03. The van der Waals surface area contributed by atoms with Crippen LogP contribution in [0.3, 0.4) is 0 Å². The van der Waals surface area contributed by atoms with Crippen molar-refractivity contribution in [3.05, 3.63) is 59.4 Å². The van der Waals surface area contributed by atoms with Gasteiger partial charge in [0.2, 0.25) is 0 Å². The van der Waals surface area contributed by atoms with Gasteiger partial charge in [-0.1, -0.05) is 25.5 Å². The lowest BCUT2D eigenvalue weighted by Crippen LogP contribution is -2.31. The molecule has 3 rings (SSSR count). The van der Waals surface area contributed by atoms with Crippen molar-refractivity contribution in [3.63, 3.8) is 0 Å². The zero-order valence-electron chi connectivity index (χ0n) is 13.9. The van der Waals surface area contributed by atoms with Crippen LogP contribution in [0.25, 0.3) is 0 Å². The molecule has 0 aliphatic carbocycles. The number of benzene rings is 1. The summed E-state index contributed by atoms with van der Waals surface area (Å²) in [6, 6.07) is 9.71. The van der Waals surface area contributed by atoms with Crippen LogP contribution in [0, 0.1) is 0 Å². The lowest BCUT2D eigenvalue weighted by Gasteiger charge is -2.31. The van der Waals surface area contributed by atoms with Crippen molar-refractivity contribution in [2.24, 2.45) is 0 Å². The number of nitrogens with zero attached hydrogens (tertiary/aromatic N) is 2. The van der Waals surface area contributed by atoms with Gasteiger partial charge in [0.05, 0.1) is 11.6 Å². The van der Waals surface area contributed by atoms with Gasteiger partial charge in [-0.25, -0.2) is 0 Å². The number of unbranched alkanes of at least 4 members (excludes halogenated alkanes) is 1. The number of halogens is 3. The molecule has 1 unspecified atom stereocenters. The predicted molar refractivity (Wildman–Crippen MR) is 88.8 cm³/mol. The molecule has 0 spiro atoms. The Hall–Kier alpha value is -1.75. The molecule has 0 N–H and O–H groups in total. The summed E-state index contributed by atoms with van der Waals surface area (Å²) >= 11 is 0. The van der Waals surface area contributed by atoms with E-state index >= 15 is 0 Å². The topological polar surface area (TPSA) is 8.17 Å². The van der Waals surface area contributed by atoms with E-state index in [9.17, 15) is 13.2 Å². The van der Waals surface area contributed by atoms with Gasteiger partial charge in [0.15, 0.2) is 0 Å². The molecule has 0 bridgehead atoms. The second-order valence-corrected chi connectivity index (χ2v) is 6.40. The fraction of sp³-hybridized carbons (Fsp3) is 0.474. The molecule has 0 amide bonds. The molecule has 1 aliphatic rings. The standard InChI is InChI=1S/C19H23F3N2/c1-2-3-10-24-13-6-12-23-11-5-9-17(23)18(24)15-7-4-8-16(14-15)19(20,21)22/h4-5,7-9,11,14,18H,2-3,6,10,12-13H2,1H3. The summed E-state index contributed by atoms with van der Waals surface area (Å²) in [5, 5.41) is 0. The largest absolute Gasteiger partial charge is 0.416 e. The van der Waals surface area contributed by atoms with Crippen LogP contribution in [-0.2, 0) is 12.7 Å². The fourth-order valence-electron chi connectivity index (χ4n) is 3.51. The van der Waals surface area contributed by atoms with Gasteiger partial charge in [0, 0.05) is 25.0 Å². The van der Waals surface area contributed by atoms with Crippen molar-refractivity contribution in [2.75, 3.05) is 13.1 Å². The minimum Gasteiger partial charge on any atom is -0.350 e. The molecule has 0 fully saturated rings. The molecule has 0 saturated heterocycles. The first kappa shape index (κ1) is 17.1. The van der Waals surface area contributed by atoms with E-state index in [1.807, 2.05) is 24.4 Å². The number of hydrogen-bond acceptors (Lipinski definition) is 1. The molecule has 24 heavy (non-hydrogen) atoms. The number of aromatic nitrogens is 1. The highest BCUT2D eigenvalue weighted by molar-refractivity contribution is 5.34. The zero-order chi connectivity index (χ0) is 17.2. The zero-order valence-corrected chi connectivity index (χ0v) is 13.9. The summed E-state index contributed by atoms with van der Waals surface area (Å²) in [6.45, 7) is 4.87. The van der Waals surface area contributed by atoms with E-state index < -0.39 is 11.7 Å². The Morgan fingerprint density at radius 2 is 1.96 bits per heavy atom. The third kappa shape index (κ3) is 3.51. The van der Waals surface area contributed by atoms with E-state index in [-0.39, 0.29) is 6.04 Å². The third-order valence-corrected chi connectivity index (χ3v) is 4.68. The first-order valence-corrected chi connectivity index (χ1v) is 8.57. The van der Waals surface area contributed by atoms with Gasteiger partial charge < -0.3 is 4.57 Å². The SMILES string of the molecule is CCCCN1CCCn2cccc2C1c1cccc(C(F)(F)F)c1. The van der Waals surface area contributed by atoms with E-state index in [0.29, 0.717) is 0 Å². The molecule has 1 atom stereocenters. The molecule has 130 valence electrons. The molecule has 0 radical (unpaired) electrons. The van der Waals surface area contributed by atoms with Crippen molar-refractivity contribution in [1.82, 2.24) is 9.47 Å². The summed E-state index contributed by atoms with van der Waals surface area (Å²) < 4.78 is 41.6. The Labute approximate surface area is 140 Å². The van der Waals surface area contributed by atoms with Crippen LogP contribution >= 0.6 is 0 Å². The first-order chi connectivity index (χ1) is 11.5. The van der Waals surface area contributed by atoms with E-state index in [0.717, 1.165) is 56.2 Å². The lowest BCUT2D eigenvalue weighted by atomic mass is 9.99. The molecular formula is C19H23F3N2.